The molecule has 1 aromatic rings. The second-order valence-corrected chi connectivity index (χ2v) is 2.78. The molecule has 1 aromatic carbocycles. The molecule has 2 heteroatoms. The molecule has 15 heavy (non-hydrogen) atoms. The Kier molecular flexibility index (Phi) is 5.37. The van der Waals surface area contributed by atoms with Gasteiger partial charge in [-0.3, -0.25) is 4.79 Å². The molecule has 0 saturated heterocycles. The van der Waals surface area contributed by atoms with E-state index in [-0.39, 0.29) is 0 Å². The highest BCUT2D eigenvalue weighted by Gasteiger charge is 1.81. The zero-order valence-corrected chi connectivity index (χ0v) is 8.34. The van der Waals surface area contributed by atoms with Gasteiger partial charge in [0.1, 0.15) is 6.29 Å². The van der Waals surface area contributed by atoms with Crippen molar-refractivity contribution in [3.8, 4) is 0 Å². The van der Waals surface area contributed by atoms with Crippen LogP contribution in [0, 0.1) is 0 Å². The van der Waals surface area contributed by atoms with Crippen LogP contribution in [0.5, 0.6) is 0 Å². The average Bonchev–Trinajstić information content (AvgIpc) is 2.29. The third kappa shape index (κ3) is 5.26. The number of benzene rings is 1. The van der Waals surface area contributed by atoms with Gasteiger partial charge in [-0.15, -0.1) is 0 Å². The molecular formula is C13H13NO. The molecule has 0 aliphatic rings. The smallest absolute Gasteiger partial charge is 0.142 e. The van der Waals surface area contributed by atoms with Crippen molar-refractivity contribution >= 4 is 12.0 Å². The van der Waals surface area contributed by atoms with Gasteiger partial charge in [0.05, 0.1) is 0 Å². The van der Waals surface area contributed by atoms with E-state index in [0.29, 0.717) is 0 Å². The summed E-state index contributed by atoms with van der Waals surface area (Å²) < 4.78 is 0. The van der Waals surface area contributed by atoms with Crippen molar-refractivity contribution < 1.29 is 4.79 Å². The maximum atomic E-state index is 9.93. The van der Waals surface area contributed by atoms with E-state index < -0.39 is 0 Å². The maximum Gasteiger partial charge on any atom is 0.142 e. The van der Waals surface area contributed by atoms with Crippen molar-refractivity contribution in [1.82, 2.24) is 0 Å². The van der Waals surface area contributed by atoms with Crippen molar-refractivity contribution in [3.63, 3.8) is 0 Å². The lowest BCUT2D eigenvalue weighted by atomic mass is 10.3. The van der Waals surface area contributed by atoms with Crippen molar-refractivity contribution in [1.29, 1.82) is 0 Å². The Hall–Kier alpha value is -2.09. The Morgan fingerprint density at radius 2 is 1.53 bits per heavy atom. The van der Waals surface area contributed by atoms with Crippen LogP contribution in [-0.4, -0.2) is 6.29 Å². The Morgan fingerprint density at radius 3 is 2.27 bits per heavy atom. The summed E-state index contributed by atoms with van der Waals surface area (Å²) >= 11 is 0. The van der Waals surface area contributed by atoms with E-state index >= 15 is 0 Å². The molecule has 0 unspecified atom stereocenters. The minimum absolute atomic E-state index is 0.746. The Labute approximate surface area is 89.6 Å². The molecule has 0 radical (unpaired) electrons. The summed E-state index contributed by atoms with van der Waals surface area (Å²) in [5, 5.41) is 3.11. The molecule has 0 spiro atoms. The topological polar surface area (TPSA) is 29.1 Å². The molecular weight excluding hydrogens is 186 g/mol. The predicted molar refractivity (Wildman–Crippen MR) is 63.5 cm³/mol. The highest BCUT2D eigenvalue weighted by atomic mass is 16.1. The fourth-order valence-corrected chi connectivity index (χ4v) is 0.972. The molecule has 0 bridgehead atoms. The first-order valence-corrected chi connectivity index (χ1v) is 4.69. The fraction of sp³-hybridized carbons (Fsp3) is 0. The summed E-state index contributed by atoms with van der Waals surface area (Å²) in [7, 11) is 0. The first-order chi connectivity index (χ1) is 7.43. The van der Waals surface area contributed by atoms with Crippen LogP contribution in [0.15, 0.2) is 66.9 Å². The van der Waals surface area contributed by atoms with Gasteiger partial charge in [0.15, 0.2) is 0 Å². The molecule has 0 aliphatic carbocycles. The van der Waals surface area contributed by atoms with Gasteiger partial charge in [0.2, 0.25) is 0 Å². The van der Waals surface area contributed by atoms with Gasteiger partial charge in [-0.05, 0) is 24.3 Å². The molecule has 0 aromatic heterocycles. The number of anilines is 1. The van der Waals surface area contributed by atoms with Crippen LogP contribution in [0.2, 0.25) is 0 Å². The zero-order chi connectivity index (χ0) is 10.8. The quantitative estimate of drug-likeness (QED) is 0.449. The van der Waals surface area contributed by atoms with Gasteiger partial charge in [-0.1, -0.05) is 36.4 Å². The van der Waals surface area contributed by atoms with Crippen LogP contribution in [0.4, 0.5) is 5.69 Å². The lowest BCUT2D eigenvalue weighted by Crippen LogP contribution is -1.84. The van der Waals surface area contributed by atoms with Crippen molar-refractivity contribution in [2.75, 3.05) is 5.32 Å². The maximum absolute atomic E-state index is 9.93. The van der Waals surface area contributed by atoms with Gasteiger partial charge >= 0.3 is 0 Å². The standard InChI is InChI=1S/C13H13NO/c15-12-8-3-1-2-7-11-14-13-9-5-4-6-10-13/h1-12,14H/b2-1+,8-3+,11-7+. The predicted octanol–water partition coefficient (Wildman–Crippen LogP) is 2.92. The van der Waals surface area contributed by atoms with E-state index in [1.807, 2.05) is 48.7 Å². The van der Waals surface area contributed by atoms with E-state index in [1.165, 1.54) is 6.08 Å². The SMILES string of the molecule is O=C/C=C/C=C/C=C/Nc1ccccc1. The molecule has 0 saturated carbocycles. The number of aldehydes is 1. The molecule has 0 amide bonds. The monoisotopic (exact) mass is 199 g/mol. The summed E-state index contributed by atoms with van der Waals surface area (Å²) in [5.41, 5.74) is 1.05. The van der Waals surface area contributed by atoms with Crippen LogP contribution in [0.1, 0.15) is 0 Å². The highest BCUT2D eigenvalue weighted by Crippen LogP contribution is 2.03. The zero-order valence-electron chi connectivity index (χ0n) is 8.34. The van der Waals surface area contributed by atoms with Crippen molar-refractivity contribution in [2.45, 2.75) is 0 Å². The Bertz CT molecular complexity index is 363. The van der Waals surface area contributed by atoms with Gasteiger partial charge in [-0.25, -0.2) is 0 Å². The lowest BCUT2D eigenvalue weighted by molar-refractivity contribution is -0.104. The van der Waals surface area contributed by atoms with Gasteiger partial charge < -0.3 is 5.32 Å². The van der Waals surface area contributed by atoms with Crippen LogP contribution in [0.3, 0.4) is 0 Å². The number of hydrogen-bond donors (Lipinski definition) is 1. The third-order valence-electron chi connectivity index (χ3n) is 1.64. The number of hydrogen-bond acceptors (Lipinski definition) is 2. The normalized spacial score (nSPS) is 11.5. The van der Waals surface area contributed by atoms with Crippen LogP contribution in [-0.2, 0) is 4.79 Å². The first-order valence-electron chi connectivity index (χ1n) is 4.69. The number of para-hydroxylation sites is 1. The van der Waals surface area contributed by atoms with Crippen molar-refractivity contribution in [2.24, 2.45) is 0 Å². The molecule has 1 rings (SSSR count). The van der Waals surface area contributed by atoms with E-state index in [1.54, 1.807) is 12.2 Å². The van der Waals surface area contributed by atoms with E-state index in [4.69, 9.17) is 0 Å². The van der Waals surface area contributed by atoms with Crippen LogP contribution in [0.25, 0.3) is 0 Å². The third-order valence-corrected chi connectivity index (χ3v) is 1.64. The second-order valence-electron chi connectivity index (χ2n) is 2.78. The summed E-state index contributed by atoms with van der Waals surface area (Å²) in [4.78, 5) is 9.93. The molecule has 76 valence electrons. The molecule has 1 N–H and O–H groups in total. The highest BCUT2D eigenvalue weighted by molar-refractivity contribution is 5.65. The lowest BCUT2D eigenvalue weighted by Gasteiger charge is -1.96. The molecule has 0 aliphatic heterocycles. The summed E-state index contributed by atoms with van der Waals surface area (Å²) in [6.45, 7) is 0. The van der Waals surface area contributed by atoms with Crippen LogP contribution < -0.4 is 5.32 Å². The Balaban J connectivity index is 2.31. The number of carbonyl (C=O) groups excluding carboxylic acids is 1. The number of rotatable bonds is 5. The molecule has 0 heterocycles. The first kappa shape index (κ1) is 11.0. The van der Waals surface area contributed by atoms with Gasteiger partial charge in [0.25, 0.3) is 0 Å². The largest absolute Gasteiger partial charge is 0.362 e. The minimum Gasteiger partial charge on any atom is -0.362 e. The second kappa shape index (κ2) is 7.33. The summed E-state index contributed by atoms with van der Waals surface area (Å²) in [6.07, 6.45) is 11.2. The van der Waals surface area contributed by atoms with Gasteiger partial charge in [0, 0.05) is 11.9 Å². The number of carbonyl (C=O) groups is 1. The summed E-state index contributed by atoms with van der Waals surface area (Å²) in [5.74, 6) is 0. The Morgan fingerprint density at radius 1 is 0.867 bits per heavy atom. The van der Waals surface area contributed by atoms with Crippen LogP contribution >= 0.6 is 0 Å². The molecule has 2 nitrogen and oxygen atoms in total. The number of allylic oxidation sites excluding steroid dienone is 5. The van der Waals surface area contributed by atoms with E-state index in [0.717, 1.165) is 12.0 Å². The van der Waals surface area contributed by atoms with Gasteiger partial charge in [-0.2, -0.15) is 0 Å². The van der Waals surface area contributed by atoms with Crippen molar-refractivity contribution in [3.05, 3.63) is 66.9 Å². The average molecular weight is 199 g/mol. The minimum atomic E-state index is 0.746. The van der Waals surface area contributed by atoms with E-state index in [2.05, 4.69) is 5.32 Å². The van der Waals surface area contributed by atoms with E-state index in [9.17, 15) is 4.79 Å². The number of nitrogens with one attached hydrogen (secondary N) is 1. The summed E-state index contributed by atoms with van der Waals surface area (Å²) in [6, 6.07) is 9.89. The molecule has 0 fully saturated rings. The fourth-order valence-electron chi connectivity index (χ4n) is 0.972. The molecule has 0 atom stereocenters.